The van der Waals surface area contributed by atoms with E-state index >= 15 is 0 Å². The van der Waals surface area contributed by atoms with Gasteiger partial charge in [-0.05, 0) is 199 Å². The Labute approximate surface area is 579 Å². The van der Waals surface area contributed by atoms with E-state index in [4.69, 9.17) is 0 Å². The molecular weight excluding hydrogens is 1220 g/mol. The molecule has 0 fully saturated rings. The van der Waals surface area contributed by atoms with Gasteiger partial charge in [-0.15, -0.1) is 0 Å². The lowest BCUT2D eigenvalue weighted by molar-refractivity contribution is 1.28. The zero-order valence-corrected chi connectivity index (χ0v) is 54.0. The van der Waals surface area contributed by atoms with Gasteiger partial charge in [0.2, 0.25) is 0 Å². The molecule has 4 aliphatic rings. The Balaban J connectivity index is 0.000000139. The van der Waals surface area contributed by atoms with E-state index < -0.39 is 0 Å². The van der Waals surface area contributed by atoms with E-state index in [-0.39, 0.29) is 13.7 Å². The first-order chi connectivity index (χ1) is 49.6. The van der Waals surface area contributed by atoms with Gasteiger partial charge >= 0.3 is 13.7 Å². The van der Waals surface area contributed by atoms with Crippen molar-refractivity contribution in [1.29, 1.82) is 0 Å². The van der Waals surface area contributed by atoms with Gasteiger partial charge in [0, 0.05) is 176 Å². The van der Waals surface area contributed by atoms with Crippen LogP contribution in [0.5, 0.6) is 0 Å². The molecule has 4 aliphatic heterocycles. The predicted molar refractivity (Wildman–Crippen MR) is 408 cm³/mol. The van der Waals surface area contributed by atoms with Crippen LogP contribution in [-0.2, 0) is 0 Å². The number of hydrogen-bond acceptors (Lipinski definition) is 10. The minimum absolute atomic E-state index is 0.0439. The van der Waals surface area contributed by atoms with E-state index in [0.29, 0.717) is 0 Å². The highest BCUT2D eigenvalue weighted by Gasteiger charge is 2.44. The quantitative estimate of drug-likeness (QED) is 0.136. The molecule has 0 spiro atoms. The summed E-state index contributed by atoms with van der Waals surface area (Å²) in [5.41, 5.74) is 36.8. The van der Waals surface area contributed by atoms with Crippen LogP contribution in [0.4, 0.5) is 22.7 Å². The van der Waals surface area contributed by atoms with Gasteiger partial charge in [-0.3, -0.25) is 39.9 Å². The zero-order valence-electron chi connectivity index (χ0n) is 54.0. The van der Waals surface area contributed by atoms with Gasteiger partial charge in [-0.1, -0.05) is 133 Å². The molecule has 0 saturated carbocycles. The van der Waals surface area contributed by atoms with Crippen LogP contribution in [0, 0.1) is 0 Å². The Bertz CT molecular complexity index is 5140. The molecule has 0 radical (unpaired) electrons. The molecule has 10 nitrogen and oxygen atoms in total. The Kier molecular flexibility index (Phi) is 14.2. The van der Waals surface area contributed by atoms with Crippen LogP contribution in [-0.4, -0.2) is 53.6 Å². The third-order valence-corrected chi connectivity index (χ3v) is 20.0. The third-order valence-electron chi connectivity index (χ3n) is 20.0. The topological polar surface area (TPSA) is 110 Å². The Hall–Kier alpha value is -13.3. The third kappa shape index (κ3) is 10.1. The zero-order chi connectivity index (χ0) is 66.0. The molecule has 0 unspecified atom stereocenters. The van der Waals surface area contributed by atoms with Crippen molar-refractivity contribution in [2.24, 2.45) is 0 Å². The van der Waals surface area contributed by atoms with Crippen LogP contribution in [0.25, 0.3) is 134 Å². The molecule has 0 saturated heterocycles. The van der Waals surface area contributed by atoms with Gasteiger partial charge in [-0.2, -0.15) is 0 Å². The van der Waals surface area contributed by atoms with Crippen molar-refractivity contribution < 1.29 is 0 Å². The maximum absolute atomic E-state index is 4.63. The summed E-state index contributed by atoms with van der Waals surface area (Å²) in [7, 11) is 0. The summed E-state index contributed by atoms with van der Waals surface area (Å²) in [6.07, 6.45) is 26.3. The number of rotatable bonds is 8. The van der Waals surface area contributed by atoms with Crippen LogP contribution in [0.15, 0.2) is 342 Å². The number of aromatic nitrogens is 8. The predicted octanol–water partition coefficient (Wildman–Crippen LogP) is 17.7. The van der Waals surface area contributed by atoms with Crippen LogP contribution < -0.4 is 31.5 Å². The molecule has 0 amide bonds. The lowest BCUT2D eigenvalue weighted by Gasteiger charge is -2.43. The SMILES string of the molecule is c1ccc(-c2cncc(-c3ccc4c(c3)-c3ccccc3B3c5ccccc5-c5cc(-c6cncc(-c7ccccn7)c6)ccc5N34)c2)nc1.c1ccc2c(c1)B1c3ccccc3-c3cc(-c4cncc(-c5ccncc5)c4)ccc3N1c1ccc(-c3cncc(-c4ccncc4)c3)cc1-2. The summed E-state index contributed by atoms with van der Waals surface area (Å²) in [5.74, 6) is 0. The van der Waals surface area contributed by atoms with Crippen molar-refractivity contribution in [3.63, 3.8) is 0 Å². The molecule has 464 valence electrons. The second-order valence-electron chi connectivity index (χ2n) is 25.6. The minimum Gasteiger partial charge on any atom is -0.376 e. The molecule has 0 atom stereocenters. The van der Waals surface area contributed by atoms with Gasteiger partial charge in [0.25, 0.3) is 0 Å². The minimum atomic E-state index is 0.0439. The molecule has 100 heavy (non-hydrogen) atoms. The van der Waals surface area contributed by atoms with Crippen LogP contribution in [0.1, 0.15) is 0 Å². The number of pyridine rings is 8. The van der Waals surface area contributed by atoms with E-state index in [9.17, 15) is 0 Å². The van der Waals surface area contributed by atoms with Crippen LogP contribution in [0.3, 0.4) is 0 Å². The molecule has 12 heterocycles. The van der Waals surface area contributed by atoms with E-state index in [1.807, 2.05) is 147 Å². The molecule has 20 rings (SSSR count). The Morgan fingerprint density at radius 1 is 0.190 bits per heavy atom. The van der Waals surface area contributed by atoms with Crippen molar-refractivity contribution in [1.82, 2.24) is 39.9 Å². The van der Waals surface area contributed by atoms with Crippen LogP contribution in [0.2, 0.25) is 0 Å². The largest absolute Gasteiger partial charge is 0.376 e. The molecule has 8 aromatic carbocycles. The van der Waals surface area contributed by atoms with E-state index in [1.165, 1.54) is 89.1 Å². The van der Waals surface area contributed by atoms with Gasteiger partial charge in [0.05, 0.1) is 11.4 Å². The van der Waals surface area contributed by atoms with Gasteiger partial charge in [0.1, 0.15) is 0 Å². The van der Waals surface area contributed by atoms with Crippen molar-refractivity contribution in [2.75, 3.05) is 9.62 Å². The van der Waals surface area contributed by atoms with Crippen molar-refractivity contribution in [3.05, 3.63) is 342 Å². The summed E-state index contributed by atoms with van der Waals surface area (Å²) in [6.45, 7) is 0.0925. The number of benzene rings is 8. The number of anilines is 4. The highest BCUT2D eigenvalue weighted by atomic mass is 15.1. The Morgan fingerprint density at radius 2 is 0.460 bits per heavy atom. The fourth-order valence-corrected chi connectivity index (χ4v) is 15.3. The van der Waals surface area contributed by atoms with E-state index in [0.717, 1.165) is 89.3 Å². The molecule has 0 N–H and O–H groups in total. The lowest BCUT2D eigenvalue weighted by atomic mass is 9.43. The standard InChI is InChI=1S/2C44H28BN5/c1-3-11-39-35(9-1)37-23-29(31-21-33(27-46-25-31)41-13-5-7-19-48-41)15-17-43(37)50-44-18-16-30(24-38(44)36-10-2-4-12-40(36)45(39)50)32-22-34(28-47-26-32)42-14-6-8-20-49-42;1-3-7-41-37(5-1)39-23-31(35-21-33(25-48-27-35)29-13-17-46-18-14-29)9-11-43(39)50-44-12-10-32(24-40(44)38-6-2-4-8-42(38)45(41)50)36-22-34(26-49-28-36)30-15-19-47-20-16-30/h2*1-28H. The smallest absolute Gasteiger partial charge is 0.329 e. The number of hydrogen-bond donors (Lipinski definition) is 0. The maximum Gasteiger partial charge on any atom is 0.329 e. The molecule has 12 heteroatoms. The van der Waals surface area contributed by atoms with Crippen molar-refractivity contribution in [2.45, 2.75) is 0 Å². The van der Waals surface area contributed by atoms with Crippen molar-refractivity contribution >= 4 is 58.3 Å². The summed E-state index contributed by atoms with van der Waals surface area (Å²) in [5, 5.41) is 0. The second kappa shape index (κ2) is 24.4. The molecule has 8 aromatic heterocycles. The number of nitrogens with zero attached hydrogens (tertiary/aromatic N) is 10. The maximum atomic E-state index is 4.63. The second-order valence-corrected chi connectivity index (χ2v) is 25.6. The van der Waals surface area contributed by atoms with Gasteiger partial charge < -0.3 is 9.62 Å². The van der Waals surface area contributed by atoms with Gasteiger partial charge in [0.15, 0.2) is 0 Å². The average Bonchev–Trinajstić information content (AvgIpc) is 0.713. The molecule has 16 aromatic rings. The average molecular weight is 1280 g/mol. The summed E-state index contributed by atoms with van der Waals surface area (Å²) in [6, 6.07) is 91.7. The molecule has 0 aliphatic carbocycles. The van der Waals surface area contributed by atoms with Gasteiger partial charge in [-0.25, -0.2) is 0 Å². The first-order valence-corrected chi connectivity index (χ1v) is 33.6. The summed E-state index contributed by atoms with van der Waals surface area (Å²) >= 11 is 0. The number of fused-ring (bicyclic) bond motifs is 22. The Morgan fingerprint density at radius 3 is 0.760 bits per heavy atom. The highest BCUT2D eigenvalue weighted by molar-refractivity contribution is 6.93. The molecule has 0 bridgehead atoms. The highest BCUT2D eigenvalue weighted by Crippen LogP contribution is 2.50. The normalized spacial score (nSPS) is 12.3. The van der Waals surface area contributed by atoms with E-state index in [1.54, 1.807) is 0 Å². The van der Waals surface area contributed by atoms with Crippen LogP contribution >= 0.6 is 0 Å². The summed E-state index contributed by atoms with van der Waals surface area (Å²) in [4.78, 5) is 41.1. The van der Waals surface area contributed by atoms with Crippen molar-refractivity contribution in [3.8, 4) is 134 Å². The fourth-order valence-electron chi connectivity index (χ4n) is 15.3. The fraction of sp³-hybridized carbons (Fsp3) is 0. The monoisotopic (exact) mass is 1270 g/mol. The molecular formula is C88H56B2N10. The lowest BCUT2D eigenvalue weighted by Crippen LogP contribution is -2.59. The first-order valence-electron chi connectivity index (χ1n) is 33.6. The first kappa shape index (κ1) is 58.1. The summed E-state index contributed by atoms with van der Waals surface area (Å²) < 4.78 is 0. The van der Waals surface area contributed by atoms with E-state index in [2.05, 4.69) is 244 Å².